The van der Waals surface area contributed by atoms with Gasteiger partial charge in [-0.1, -0.05) is 11.8 Å². The zero-order valence-corrected chi connectivity index (χ0v) is 11.6. The Morgan fingerprint density at radius 1 is 1.47 bits per heavy atom. The quantitative estimate of drug-likeness (QED) is 0.678. The Kier molecular flexibility index (Phi) is 4.41. The van der Waals surface area contributed by atoms with E-state index in [1.165, 1.54) is 24.6 Å². The molecule has 0 spiro atoms. The number of nitrogens with zero attached hydrogens (tertiary/aromatic N) is 3. The third-order valence-electron chi connectivity index (χ3n) is 2.80. The maximum absolute atomic E-state index is 11.5. The fourth-order valence-corrected chi connectivity index (χ4v) is 2.55. The van der Waals surface area contributed by atoms with Crippen LogP contribution >= 0.6 is 11.8 Å². The van der Waals surface area contributed by atoms with Crippen molar-refractivity contribution >= 4 is 23.6 Å². The molecule has 0 saturated heterocycles. The molecule has 1 aromatic rings. The number of rotatable bonds is 7. The van der Waals surface area contributed by atoms with Gasteiger partial charge in [-0.3, -0.25) is 9.59 Å². The van der Waals surface area contributed by atoms with Crippen molar-refractivity contribution in [3.63, 3.8) is 0 Å². The third kappa shape index (κ3) is 3.69. The predicted octanol–water partition coefficient (Wildman–Crippen LogP) is -0.131. The summed E-state index contributed by atoms with van der Waals surface area (Å²) < 4.78 is 2.05. The molecular weight excluding hydrogens is 266 g/mol. The molecule has 0 unspecified atom stereocenters. The summed E-state index contributed by atoms with van der Waals surface area (Å²) in [5.41, 5.74) is 4.95. The lowest BCUT2D eigenvalue weighted by Gasteiger charge is -2.06. The molecule has 8 heteroatoms. The number of nitrogens with two attached hydrogens (primary N) is 1. The van der Waals surface area contributed by atoms with Gasteiger partial charge in [-0.2, -0.15) is 0 Å². The second-order valence-corrected chi connectivity index (χ2v) is 5.33. The smallest absolute Gasteiger partial charge is 0.236 e. The van der Waals surface area contributed by atoms with E-state index in [2.05, 4.69) is 15.5 Å². The van der Waals surface area contributed by atoms with Crippen LogP contribution in [0.1, 0.15) is 31.5 Å². The SMILES string of the molecule is CCn1c(SCC(=O)NCC(N)=O)nnc1C1CC1. The van der Waals surface area contributed by atoms with E-state index in [1.54, 1.807) is 0 Å². The third-order valence-corrected chi connectivity index (χ3v) is 3.76. The number of aromatic nitrogens is 3. The van der Waals surface area contributed by atoms with Crippen molar-refractivity contribution in [1.29, 1.82) is 0 Å². The highest BCUT2D eigenvalue weighted by molar-refractivity contribution is 7.99. The molecule has 0 aliphatic heterocycles. The van der Waals surface area contributed by atoms with E-state index in [0.717, 1.165) is 17.5 Å². The zero-order valence-electron chi connectivity index (χ0n) is 10.8. The van der Waals surface area contributed by atoms with Crippen LogP contribution in [-0.2, 0) is 16.1 Å². The van der Waals surface area contributed by atoms with E-state index in [0.29, 0.717) is 5.92 Å². The lowest BCUT2D eigenvalue weighted by molar-refractivity contribution is -0.123. The number of hydrogen-bond acceptors (Lipinski definition) is 5. The minimum atomic E-state index is -0.550. The van der Waals surface area contributed by atoms with Gasteiger partial charge in [-0.15, -0.1) is 10.2 Å². The van der Waals surface area contributed by atoms with E-state index >= 15 is 0 Å². The summed E-state index contributed by atoms with van der Waals surface area (Å²) in [5, 5.41) is 11.5. The van der Waals surface area contributed by atoms with Crippen LogP contribution in [0.2, 0.25) is 0 Å². The number of hydrogen-bond donors (Lipinski definition) is 2. The van der Waals surface area contributed by atoms with E-state index < -0.39 is 5.91 Å². The Bertz CT molecular complexity index is 483. The molecule has 2 amide bonds. The number of thioether (sulfide) groups is 1. The number of amides is 2. The summed E-state index contributed by atoms with van der Waals surface area (Å²) in [6.45, 7) is 2.70. The van der Waals surface area contributed by atoms with Crippen LogP contribution in [-0.4, -0.2) is 38.9 Å². The molecule has 0 radical (unpaired) electrons. The van der Waals surface area contributed by atoms with Gasteiger partial charge in [-0.25, -0.2) is 0 Å². The lowest BCUT2D eigenvalue weighted by Crippen LogP contribution is -2.34. The lowest BCUT2D eigenvalue weighted by atomic mass is 10.4. The Labute approximate surface area is 115 Å². The number of nitrogens with one attached hydrogen (secondary N) is 1. The highest BCUT2D eigenvalue weighted by Crippen LogP contribution is 2.39. The van der Waals surface area contributed by atoms with E-state index in [9.17, 15) is 9.59 Å². The normalized spacial score (nSPS) is 14.4. The molecule has 1 aromatic heterocycles. The first kappa shape index (κ1) is 13.9. The van der Waals surface area contributed by atoms with Crippen LogP contribution in [0.15, 0.2) is 5.16 Å². The Hall–Kier alpha value is -1.57. The minimum Gasteiger partial charge on any atom is -0.368 e. The van der Waals surface area contributed by atoms with Gasteiger partial charge in [0, 0.05) is 12.5 Å². The molecule has 1 fully saturated rings. The molecule has 1 aliphatic rings. The molecule has 1 aliphatic carbocycles. The van der Waals surface area contributed by atoms with Crippen molar-refractivity contribution in [2.75, 3.05) is 12.3 Å². The Balaban J connectivity index is 1.88. The van der Waals surface area contributed by atoms with Crippen molar-refractivity contribution in [3.8, 4) is 0 Å². The molecule has 0 atom stereocenters. The Morgan fingerprint density at radius 3 is 2.79 bits per heavy atom. The van der Waals surface area contributed by atoms with Crippen LogP contribution in [0.4, 0.5) is 0 Å². The van der Waals surface area contributed by atoms with Crippen molar-refractivity contribution in [2.45, 2.75) is 37.4 Å². The van der Waals surface area contributed by atoms with Gasteiger partial charge in [0.25, 0.3) is 0 Å². The van der Waals surface area contributed by atoms with Crippen LogP contribution < -0.4 is 11.1 Å². The predicted molar refractivity (Wildman–Crippen MR) is 70.6 cm³/mol. The summed E-state index contributed by atoms with van der Waals surface area (Å²) in [6.07, 6.45) is 2.34. The highest BCUT2D eigenvalue weighted by Gasteiger charge is 2.30. The summed E-state index contributed by atoms with van der Waals surface area (Å²) in [7, 11) is 0. The number of primary amides is 1. The average Bonchev–Trinajstić information content (AvgIpc) is 3.14. The second-order valence-electron chi connectivity index (χ2n) is 4.39. The first-order valence-corrected chi connectivity index (χ1v) is 7.21. The fraction of sp³-hybridized carbons (Fsp3) is 0.636. The van der Waals surface area contributed by atoms with Crippen molar-refractivity contribution < 1.29 is 9.59 Å². The van der Waals surface area contributed by atoms with Crippen LogP contribution in [0.3, 0.4) is 0 Å². The first-order chi connectivity index (χ1) is 9.11. The minimum absolute atomic E-state index is 0.132. The maximum atomic E-state index is 11.5. The molecule has 0 aromatic carbocycles. The highest BCUT2D eigenvalue weighted by atomic mass is 32.2. The fourth-order valence-electron chi connectivity index (χ4n) is 1.71. The summed E-state index contributed by atoms with van der Waals surface area (Å²) >= 11 is 1.32. The van der Waals surface area contributed by atoms with Crippen LogP contribution in [0.25, 0.3) is 0 Å². The maximum Gasteiger partial charge on any atom is 0.236 e. The van der Waals surface area contributed by atoms with Crippen molar-refractivity contribution in [1.82, 2.24) is 20.1 Å². The van der Waals surface area contributed by atoms with Crippen molar-refractivity contribution in [2.24, 2.45) is 5.73 Å². The average molecular weight is 283 g/mol. The van der Waals surface area contributed by atoms with E-state index in [1.807, 2.05) is 11.5 Å². The summed E-state index contributed by atoms with van der Waals surface area (Å²) in [5.74, 6) is 0.970. The molecule has 19 heavy (non-hydrogen) atoms. The van der Waals surface area contributed by atoms with E-state index in [-0.39, 0.29) is 18.2 Å². The van der Waals surface area contributed by atoms with Crippen LogP contribution in [0, 0.1) is 0 Å². The first-order valence-electron chi connectivity index (χ1n) is 6.22. The van der Waals surface area contributed by atoms with Gasteiger partial charge in [0.1, 0.15) is 5.82 Å². The van der Waals surface area contributed by atoms with Gasteiger partial charge in [0.2, 0.25) is 11.8 Å². The van der Waals surface area contributed by atoms with Gasteiger partial charge >= 0.3 is 0 Å². The van der Waals surface area contributed by atoms with E-state index in [4.69, 9.17) is 5.73 Å². The number of carbonyl (C=O) groups is 2. The molecule has 3 N–H and O–H groups in total. The largest absolute Gasteiger partial charge is 0.368 e. The molecule has 7 nitrogen and oxygen atoms in total. The van der Waals surface area contributed by atoms with Gasteiger partial charge in [-0.05, 0) is 19.8 Å². The number of carbonyl (C=O) groups excluding carboxylic acids is 2. The topological polar surface area (TPSA) is 103 Å². The summed E-state index contributed by atoms with van der Waals surface area (Å²) in [4.78, 5) is 22.0. The Morgan fingerprint density at radius 2 is 2.21 bits per heavy atom. The molecule has 1 heterocycles. The molecule has 104 valence electrons. The van der Waals surface area contributed by atoms with Crippen molar-refractivity contribution in [3.05, 3.63) is 5.82 Å². The zero-order chi connectivity index (χ0) is 13.8. The summed E-state index contributed by atoms with van der Waals surface area (Å²) in [6, 6.07) is 0. The van der Waals surface area contributed by atoms with Gasteiger partial charge in [0.05, 0.1) is 12.3 Å². The molecular formula is C11H17N5O2S. The molecule has 1 saturated carbocycles. The second kappa shape index (κ2) is 6.05. The van der Waals surface area contributed by atoms with Crippen LogP contribution in [0.5, 0.6) is 0 Å². The van der Waals surface area contributed by atoms with Gasteiger partial charge in [0.15, 0.2) is 5.16 Å². The molecule has 2 rings (SSSR count). The molecule has 0 bridgehead atoms. The standard InChI is InChI=1S/C11H17N5O2S/c1-2-16-10(7-3-4-7)14-15-11(16)19-6-9(18)13-5-8(12)17/h7H,2-6H2,1H3,(H2,12,17)(H,13,18). The van der Waals surface area contributed by atoms with Gasteiger partial charge < -0.3 is 15.6 Å². The monoisotopic (exact) mass is 283 g/mol.